The first-order valence-electron chi connectivity index (χ1n) is 10.8. The van der Waals surface area contributed by atoms with Gasteiger partial charge in [-0.05, 0) is 30.2 Å². The molecule has 3 amide bonds. The van der Waals surface area contributed by atoms with E-state index in [-0.39, 0.29) is 44.8 Å². The van der Waals surface area contributed by atoms with E-state index in [1.807, 2.05) is 6.07 Å². The molecule has 0 aliphatic heterocycles. The molecule has 0 bridgehead atoms. The Morgan fingerprint density at radius 3 is 2.56 bits per heavy atom. The first kappa shape index (κ1) is 27.5. The second-order valence-electron chi connectivity index (χ2n) is 8.05. The summed E-state index contributed by atoms with van der Waals surface area (Å²) in [6, 6.07) is 5.40. The van der Waals surface area contributed by atoms with E-state index < -0.39 is 36.7 Å². The topological polar surface area (TPSA) is 189 Å². The van der Waals surface area contributed by atoms with Crippen LogP contribution in [0.15, 0.2) is 24.4 Å². The third-order valence-corrected chi connectivity index (χ3v) is 5.56. The van der Waals surface area contributed by atoms with Crippen molar-refractivity contribution in [1.82, 2.24) is 15.2 Å². The maximum absolute atomic E-state index is 12.7. The molecule has 2 aromatic rings. The number of rotatable bonds is 14. The predicted octanol–water partition coefficient (Wildman–Crippen LogP) is -0.961. The molecule has 2 rings (SSSR count). The number of nitrogens with zero attached hydrogens (tertiary/aromatic N) is 1. The van der Waals surface area contributed by atoms with Crippen molar-refractivity contribution in [3.05, 3.63) is 35.0 Å². The summed E-state index contributed by atoms with van der Waals surface area (Å²) in [4.78, 5) is 40.6. The standard InChI is InChI=1S/C22H31ClN4O7/c23-14-2-3-17-16(7-14)13(9-25-17)1-4-22(34)27(11-20(24)32)6-5-21(33)26-10-15(29)8-18(30)19(31)12-28/h2-3,7,9,15,18-19,25,28-31H,1,4-6,8,10-12H2,(H2,24,32)(H,26,33)/t15-,18+,19-/m1/s1. The number of aryl methyl sites for hydroxylation is 1. The molecule has 11 nitrogen and oxygen atoms in total. The van der Waals surface area contributed by atoms with Gasteiger partial charge in [0.25, 0.3) is 0 Å². The van der Waals surface area contributed by atoms with Crippen molar-refractivity contribution in [2.24, 2.45) is 5.73 Å². The Labute approximate surface area is 201 Å². The average Bonchev–Trinajstić information content (AvgIpc) is 3.19. The molecule has 0 saturated heterocycles. The number of amides is 3. The Kier molecular flexibility index (Phi) is 10.7. The lowest BCUT2D eigenvalue weighted by Crippen LogP contribution is -2.42. The SMILES string of the molecule is NC(=O)CN(CCC(=O)NC[C@H](O)C[C@H](O)[C@H](O)CO)C(=O)CCc1c[nH]c2ccc(Cl)cc12. The Hall–Kier alpha value is -2.70. The van der Waals surface area contributed by atoms with Gasteiger partial charge in [0, 0.05) is 54.5 Å². The van der Waals surface area contributed by atoms with Crippen molar-refractivity contribution >= 4 is 40.2 Å². The Morgan fingerprint density at radius 2 is 1.88 bits per heavy atom. The van der Waals surface area contributed by atoms with Crippen LogP contribution in [0.1, 0.15) is 24.8 Å². The average molecular weight is 499 g/mol. The molecule has 12 heteroatoms. The third kappa shape index (κ3) is 8.58. The van der Waals surface area contributed by atoms with Gasteiger partial charge in [-0.25, -0.2) is 0 Å². The monoisotopic (exact) mass is 498 g/mol. The minimum absolute atomic E-state index is 0.0464. The molecule has 3 atom stereocenters. The number of carbonyl (C=O) groups excluding carboxylic acids is 3. The van der Waals surface area contributed by atoms with Gasteiger partial charge in [-0.15, -0.1) is 0 Å². The van der Waals surface area contributed by atoms with Gasteiger partial charge < -0.3 is 41.4 Å². The van der Waals surface area contributed by atoms with Crippen LogP contribution >= 0.6 is 11.6 Å². The van der Waals surface area contributed by atoms with Crippen LogP contribution in [0.25, 0.3) is 10.9 Å². The molecule has 0 unspecified atom stereocenters. The molecule has 1 aromatic carbocycles. The molecule has 0 saturated carbocycles. The molecule has 1 heterocycles. The number of fused-ring (bicyclic) bond motifs is 1. The first-order valence-corrected chi connectivity index (χ1v) is 11.2. The zero-order chi connectivity index (χ0) is 25.3. The van der Waals surface area contributed by atoms with Crippen LogP contribution in [0.3, 0.4) is 0 Å². The number of aliphatic hydroxyl groups is 4. The summed E-state index contributed by atoms with van der Waals surface area (Å²) in [5.74, 6) is -1.53. The molecule has 0 radical (unpaired) electrons. The van der Waals surface area contributed by atoms with Crippen molar-refractivity contribution in [2.45, 2.75) is 44.0 Å². The number of primary amides is 1. The van der Waals surface area contributed by atoms with E-state index in [0.29, 0.717) is 11.4 Å². The Morgan fingerprint density at radius 1 is 1.15 bits per heavy atom. The van der Waals surface area contributed by atoms with E-state index in [1.54, 1.807) is 18.3 Å². The molecule has 0 aliphatic carbocycles. The van der Waals surface area contributed by atoms with Crippen LogP contribution in [0.4, 0.5) is 0 Å². The summed E-state index contributed by atoms with van der Waals surface area (Å²) in [6.07, 6.45) is -1.96. The van der Waals surface area contributed by atoms with Crippen LogP contribution in [0, 0.1) is 0 Å². The number of carbonyl (C=O) groups is 3. The van der Waals surface area contributed by atoms with E-state index in [1.165, 1.54) is 4.90 Å². The summed E-state index contributed by atoms with van der Waals surface area (Å²) >= 11 is 6.05. The Balaban J connectivity index is 1.84. The maximum Gasteiger partial charge on any atom is 0.237 e. The van der Waals surface area contributed by atoms with E-state index in [9.17, 15) is 29.7 Å². The van der Waals surface area contributed by atoms with Crippen molar-refractivity contribution in [3.8, 4) is 0 Å². The largest absolute Gasteiger partial charge is 0.394 e. The first-order chi connectivity index (χ1) is 16.1. The van der Waals surface area contributed by atoms with Gasteiger partial charge in [-0.1, -0.05) is 11.6 Å². The van der Waals surface area contributed by atoms with Gasteiger partial charge in [0.1, 0.15) is 6.10 Å². The fourth-order valence-corrected chi connectivity index (χ4v) is 3.61. The van der Waals surface area contributed by atoms with Crippen molar-refractivity contribution in [3.63, 3.8) is 0 Å². The normalized spacial score (nSPS) is 13.9. The molecule has 0 spiro atoms. The summed E-state index contributed by atoms with van der Waals surface area (Å²) in [5, 5.41) is 41.5. The van der Waals surface area contributed by atoms with Gasteiger partial charge in [0.15, 0.2) is 0 Å². The van der Waals surface area contributed by atoms with Crippen LogP contribution in [-0.4, -0.2) is 92.6 Å². The second kappa shape index (κ2) is 13.3. The summed E-state index contributed by atoms with van der Waals surface area (Å²) in [7, 11) is 0. The lowest BCUT2D eigenvalue weighted by molar-refractivity contribution is -0.135. The van der Waals surface area contributed by atoms with Gasteiger partial charge in [0.05, 0.1) is 25.4 Å². The van der Waals surface area contributed by atoms with Gasteiger partial charge >= 0.3 is 0 Å². The van der Waals surface area contributed by atoms with Crippen molar-refractivity contribution in [2.75, 3.05) is 26.2 Å². The Bertz CT molecular complexity index is 983. The number of halogens is 1. The molecule has 1 aromatic heterocycles. The highest BCUT2D eigenvalue weighted by molar-refractivity contribution is 6.31. The lowest BCUT2D eigenvalue weighted by Gasteiger charge is -2.22. The van der Waals surface area contributed by atoms with Gasteiger partial charge in [-0.3, -0.25) is 14.4 Å². The minimum Gasteiger partial charge on any atom is -0.394 e. The number of nitrogens with two attached hydrogens (primary N) is 1. The number of aromatic amines is 1. The number of aromatic nitrogens is 1. The number of nitrogens with one attached hydrogen (secondary N) is 2. The number of H-pyrrole nitrogens is 1. The molecular weight excluding hydrogens is 468 g/mol. The highest BCUT2D eigenvalue weighted by Gasteiger charge is 2.21. The molecule has 188 valence electrons. The summed E-state index contributed by atoms with van der Waals surface area (Å²) < 4.78 is 0. The van der Waals surface area contributed by atoms with Gasteiger partial charge in [-0.2, -0.15) is 0 Å². The lowest BCUT2D eigenvalue weighted by atomic mass is 10.1. The minimum atomic E-state index is -1.39. The zero-order valence-corrected chi connectivity index (χ0v) is 19.4. The van der Waals surface area contributed by atoms with E-state index in [2.05, 4.69) is 10.3 Å². The van der Waals surface area contributed by atoms with Crippen molar-refractivity contribution in [1.29, 1.82) is 0 Å². The number of hydrogen-bond acceptors (Lipinski definition) is 7. The smallest absolute Gasteiger partial charge is 0.237 e. The number of aliphatic hydroxyl groups excluding tert-OH is 4. The van der Waals surface area contributed by atoms with Crippen LogP contribution in [0.5, 0.6) is 0 Å². The van der Waals surface area contributed by atoms with Crippen LogP contribution < -0.4 is 11.1 Å². The fraction of sp³-hybridized carbons (Fsp3) is 0.500. The fourth-order valence-electron chi connectivity index (χ4n) is 3.43. The highest BCUT2D eigenvalue weighted by atomic mass is 35.5. The van der Waals surface area contributed by atoms with Crippen LogP contribution in [-0.2, 0) is 20.8 Å². The summed E-state index contributed by atoms with van der Waals surface area (Å²) in [6.45, 7) is -1.23. The molecular formula is C22H31ClN4O7. The van der Waals surface area contributed by atoms with Crippen molar-refractivity contribution < 1.29 is 34.8 Å². The molecule has 0 aliphatic rings. The second-order valence-corrected chi connectivity index (χ2v) is 8.48. The molecule has 8 N–H and O–H groups in total. The van der Waals surface area contributed by atoms with Crippen LogP contribution in [0.2, 0.25) is 5.02 Å². The molecule has 34 heavy (non-hydrogen) atoms. The number of benzene rings is 1. The van der Waals surface area contributed by atoms with E-state index >= 15 is 0 Å². The maximum atomic E-state index is 12.7. The zero-order valence-electron chi connectivity index (χ0n) is 18.6. The number of hydrogen-bond donors (Lipinski definition) is 7. The third-order valence-electron chi connectivity index (χ3n) is 5.33. The van der Waals surface area contributed by atoms with E-state index in [0.717, 1.165) is 16.5 Å². The summed E-state index contributed by atoms with van der Waals surface area (Å²) in [5.41, 5.74) is 7.03. The molecule has 0 fully saturated rings. The predicted molar refractivity (Wildman–Crippen MR) is 125 cm³/mol. The van der Waals surface area contributed by atoms with E-state index in [4.69, 9.17) is 22.4 Å². The van der Waals surface area contributed by atoms with Gasteiger partial charge in [0.2, 0.25) is 17.7 Å². The quantitative estimate of drug-likeness (QED) is 0.174. The highest BCUT2D eigenvalue weighted by Crippen LogP contribution is 2.23.